The Balaban J connectivity index is 1.46. The van der Waals surface area contributed by atoms with E-state index >= 15 is 0 Å². The number of fused-ring (bicyclic) bond motifs is 2. The monoisotopic (exact) mass is 687 g/mol. The summed E-state index contributed by atoms with van der Waals surface area (Å²) in [6.07, 6.45) is 30.1. The van der Waals surface area contributed by atoms with Crippen LogP contribution in [0.4, 0.5) is 11.4 Å². The third-order valence-corrected chi connectivity index (χ3v) is 10.1. The molecule has 2 aromatic rings. The molecule has 50 heavy (non-hydrogen) atoms. The molecule has 6 nitrogen and oxygen atoms in total. The highest BCUT2D eigenvalue weighted by atomic mass is 16.2. The van der Waals surface area contributed by atoms with Gasteiger partial charge in [0.25, 0.3) is 0 Å². The van der Waals surface area contributed by atoms with E-state index in [-0.39, 0.29) is 34.5 Å². The van der Waals surface area contributed by atoms with Gasteiger partial charge in [0.05, 0.1) is 22.5 Å². The van der Waals surface area contributed by atoms with Gasteiger partial charge in [-0.1, -0.05) is 179 Å². The average Bonchev–Trinajstić information content (AvgIpc) is 3.12. The lowest BCUT2D eigenvalue weighted by atomic mass is 9.82. The van der Waals surface area contributed by atoms with Crippen LogP contribution in [0.25, 0.3) is 0 Å². The van der Waals surface area contributed by atoms with Crippen molar-refractivity contribution in [1.29, 1.82) is 0 Å². The second kappa shape index (κ2) is 24.8. The van der Waals surface area contributed by atoms with Gasteiger partial charge in [-0.3, -0.25) is 19.2 Å². The summed E-state index contributed by atoms with van der Waals surface area (Å²) in [4.78, 5) is 53.5. The highest BCUT2D eigenvalue weighted by Gasteiger charge is 2.34. The quantitative estimate of drug-likeness (QED) is 0.0744. The molecule has 2 amide bonds. The number of carbonyl (C=O) groups is 4. The molecule has 0 fully saturated rings. The summed E-state index contributed by atoms with van der Waals surface area (Å²) in [7, 11) is 0. The number of unbranched alkanes of at least 4 members (excludes halogenated alkanes) is 22. The number of amides is 2. The van der Waals surface area contributed by atoms with Crippen molar-refractivity contribution in [3.8, 4) is 0 Å². The normalized spacial score (nSPS) is 12.1. The molecule has 0 aliphatic heterocycles. The minimum atomic E-state index is -0.312. The number of carbonyl (C=O) groups excluding carboxylic acids is 4. The van der Waals surface area contributed by atoms with Crippen LogP contribution in [0.2, 0.25) is 0 Å². The van der Waals surface area contributed by atoms with Crippen LogP contribution in [0.3, 0.4) is 0 Å². The Morgan fingerprint density at radius 2 is 0.700 bits per heavy atom. The number of anilines is 2. The molecule has 0 bridgehead atoms. The fourth-order valence-corrected chi connectivity index (χ4v) is 7.11. The van der Waals surface area contributed by atoms with Gasteiger partial charge >= 0.3 is 0 Å². The Labute approximate surface area is 303 Å². The summed E-state index contributed by atoms with van der Waals surface area (Å²) in [6, 6.07) is 10.1. The second-order valence-corrected chi connectivity index (χ2v) is 14.5. The summed E-state index contributed by atoms with van der Waals surface area (Å²) in [5.41, 5.74) is 1.63. The van der Waals surface area contributed by atoms with Crippen LogP contribution in [0.1, 0.15) is 213 Å². The molecule has 3 rings (SSSR count). The summed E-state index contributed by atoms with van der Waals surface area (Å²) in [6.45, 7) is 4.50. The lowest BCUT2D eigenvalue weighted by Gasteiger charge is -2.23. The Bertz CT molecular complexity index is 1330. The van der Waals surface area contributed by atoms with Gasteiger partial charge in [0, 0.05) is 24.0 Å². The lowest BCUT2D eigenvalue weighted by Crippen LogP contribution is -2.26. The zero-order valence-electron chi connectivity index (χ0n) is 31.5. The van der Waals surface area contributed by atoms with Gasteiger partial charge in [-0.2, -0.15) is 0 Å². The Morgan fingerprint density at radius 1 is 0.420 bits per heavy atom. The third-order valence-electron chi connectivity index (χ3n) is 10.1. The van der Waals surface area contributed by atoms with Crippen molar-refractivity contribution in [2.75, 3.05) is 10.6 Å². The van der Waals surface area contributed by atoms with Crippen molar-refractivity contribution < 1.29 is 19.2 Å². The van der Waals surface area contributed by atoms with Gasteiger partial charge in [0.1, 0.15) is 0 Å². The highest BCUT2D eigenvalue weighted by molar-refractivity contribution is 6.32. The van der Waals surface area contributed by atoms with E-state index in [0.29, 0.717) is 35.3 Å². The number of rotatable bonds is 28. The van der Waals surface area contributed by atoms with E-state index in [2.05, 4.69) is 24.5 Å². The molecular formula is C44H66N2O4. The number of hydrogen-bond acceptors (Lipinski definition) is 4. The first kappa shape index (κ1) is 41.1. The van der Waals surface area contributed by atoms with Crippen molar-refractivity contribution in [2.24, 2.45) is 0 Å². The number of hydrogen-bond donors (Lipinski definition) is 2. The molecule has 2 N–H and O–H groups in total. The largest absolute Gasteiger partial charge is 0.325 e. The van der Waals surface area contributed by atoms with Crippen LogP contribution < -0.4 is 10.6 Å². The van der Waals surface area contributed by atoms with Gasteiger partial charge in [-0.25, -0.2) is 0 Å². The molecule has 0 heterocycles. The smallest absolute Gasteiger partial charge is 0.224 e. The standard InChI is InChI=1S/C44H66N2O4/c1-3-5-7-9-11-13-15-16-18-20-22-24-26-32-40(48)46-38-34-33-37(41-42(38)44(50)36-30-28-27-29-35(36)43(41)49)45-39(47)31-25-23-21-19-17-14-12-10-8-6-4-2/h27-30,33-34H,3-26,31-32H2,1-2H3,(H,45,47)(H,46,48). The fourth-order valence-electron chi connectivity index (χ4n) is 7.11. The first-order chi connectivity index (χ1) is 24.5. The van der Waals surface area contributed by atoms with E-state index < -0.39 is 0 Å². The fraction of sp³-hybridized carbons (Fsp3) is 0.636. The Kier molecular flexibility index (Phi) is 20.4. The number of nitrogens with one attached hydrogen (secondary N) is 2. The summed E-state index contributed by atoms with van der Waals surface area (Å²) >= 11 is 0. The highest BCUT2D eigenvalue weighted by Crippen LogP contribution is 2.37. The third kappa shape index (κ3) is 14.5. The maximum atomic E-state index is 13.7. The topological polar surface area (TPSA) is 92.3 Å². The molecule has 6 heteroatoms. The SMILES string of the molecule is CCCCCCCCCCCCCCCC(=O)Nc1ccc(NC(=O)CCCCCCCCCCCCC)c2c1C(=O)c1ccccc1C2=O. The second-order valence-electron chi connectivity index (χ2n) is 14.5. The molecule has 0 saturated carbocycles. The van der Waals surface area contributed by atoms with Crippen LogP contribution in [0, 0.1) is 0 Å². The van der Waals surface area contributed by atoms with E-state index in [1.807, 2.05) is 0 Å². The van der Waals surface area contributed by atoms with Crippen molar-refractivity contribution in [2.45, 2.75) is 181 Å². The van der Waals surface area contributed by atoms with Gasteiger partial charge in [0.15, 0.2) is 11.6 Å². The average molecular weight is 687 g/mol. The van der Waals surface area contributed by atoms with Crippen molar-refractivity contribution in [1.82, 2.24) is 0 Å². The Morgan fingerprint density at radius 3 is 1.00 bits per heavy atom. The van der Waals surface area contributed by atoms with Crippen molar-refractivity contribution >= 4 is 34.8 Å². The molecule has 276 valence electrons. The predicted molar refractivity (Wildman–Crippen MR) is 208 cm³/mol. The minimum Gasteiger partial charge on any atom is -0.325 e. The zero-order valence-corrected chi connectivity index (χ0v) is 31.5. The first-order valence-corrected chi connectivity index (χ1v) is 20.4. The molecule has 0 saturated heterocycles. The molecule has 0 unspecified atom stereocenters. The van der Waals surface area contributed by atoms with Gasteiger partial charge in [0.2, 0.25) is 11.8 Å². The van der Waals surface area contributed by atoms with Crippen LogP contribution in [0.15, 0.2) is 36.4 Å². The molecular weight excluding hydrogens is 620 g/mol. The molecule has 2 aromatic carbocycles. The van der Waals surface area contributed by atoms with E-state index in [9.17, 15) is 19.2 Å². The van der Waals surface area contributed by atoms with E-state index in [1.165, 1.54) is 116 Å². The van der Waals surface area contributed by atoms with E-state index in [0.717, 1.165) is 38.5 Å². The van der Waals surface area contributed by atoms with Crippen molar-refractivity contribution in [3.63, 3.8) is 0 Å². The molecule has 0 atom stereocenters. The maximum Gasteiger partial charge on any atom is 0.224 e. The maximum absolute atomic E-state index is 13.7. The molecule has 0 spiro atoms. The summed E-state index contributed by atoms with van der Waals surface area (Å²) in [5.74, 6) is -0.954. The number of benzene rings is 2. The van der Waals surface area contributed by atoms with Crippen LogP contribution in [-0.4, -0.2) is 23.4 Å². The van der Waals surface area contributed by atoms with Crippen LogP contribution in [-0.2, 0) is 9.59 Å². The van der Waals surface area contributed by atoms with Gasteiger partial charge in [-0.05, 0) is 25.0 Å². The first-order valence-electron chi connectivity index (χ1n) is 20.4. The lowest BCUT2D eigenvalue weighted by molar-refractivity contribution is -0.117. The van der Waals surface area contributed by atoms with E-state index in [4.69, 9.17) is 0 Å². The summed E-state index contributed by atoms with van der Waals surface area (Å²) < 4.78 is 0. The zero-order chi connectivity index (χ0) is 35.8. The van der Waals surface area contributed by atoms with Gasteiger partial charge < -0.3 is 10.6 Å². The van der Waals surface area contributed by atoms with Crippen molar-refractivity contribution in [3.05, 3.63) is 58.7 Å². The number of ketones is 2. The molecule has 1 aliphatic carbocycles. The minimum absolute atomic E-state index is 0.164. The van der Waals surface area contributed by atoms with E-state index in [1.54, 1.807) is 36.4 Å². The van der Waals surface area contributed by atoms with Crippen LogP contribution >= 0.6 is 0 Å². The molecule has 1 aliphatic rings. The van der Waals surface area contributed by atoms with Crippen LogP contribution in [0.5, 0.6) is 0 Å². The summed E-state index contributed by atoms with van der Waals surface area (Å²) in [5, 5.41) is 5.85. The molecule has 0 aromatic heterocycles. The Hall–Kier alpha value is -3.28. The molecule has 0 radical (unpaired) electrons. The predicted octanol–water partition coefficient (Wildman–Crippen LogP) is 12.5. The van der Waals surface area contributed by atoms with Gasteiger partial charge in [-0.15, -0.1) is 0 Å².